The molecule has 3 rings (SSSR count). The topological polar surface area (TPSA) is 49.3 Å². The zero-order valence-corrected chi connectivity index (χ0v) is 12.0. The van der Waals surface area contributed by atoms with Gasteiger partial charge < -0.3 is 10.4 Å². The van der Waals surface area contributed by atoms with Gasteiger partial charge in [-0.1, -0.05) is 6.07 Å². The average molecular weight is 293 g/mol. The Bertz CT molecular complexity index is 676. The van der Waals surface area contributed by atoms with E-state index in [1.54, 1.807) is 12.1 Å². The molecule has 1 aromatic carbocycles. The quantitative estimate of drug-likeness (QED) is 0.902. The number of carboxylic acid groups (broad SMARTS) is 1. The van der Waals surface area contributed by atoms with Crippen LogP contribution >= 0.6 is 11.3 Å². The number of halogens is 1. The molecule has 0 spiro atoms. The molecule has 0 saturated heterocycles. The van der Waals surface area contributed by atoms with Crippen LogP contribution in [0.2, 0.25) is 0 Å². The molecule has 0 bridgehead atoms. The van der Waals surface area contributed by atoms with Gasteiger partial charge in [0.15, 0.2) is 0 Å². The Morgan fingerprint density at radius 2 is 2.25 bits per heavy atom. The number of hydrogen-bond acceptors (Lipinski definition) is 3. The van der Waals surface area contributed by atoms with Gasteiger partial charge in [0.05, 0.1) is 0 Å². The summed E-state index contributed by atoms with van der Waals surface area (Å²) >= 11 is 1.14. The highest BCUT2D eigenvalue weighted by Crippen LogP contribution is 2.35. The maximum Gasteiger partial charge on any atom is 0.346 e. The van der Waals surface area contributed by atoms with Gasteiger partial charge in [-0.3, -0.25) is 0 Å². The van der Waals surface area contributed by atoms with Gasteiger partial charge in [-0.25, -0.2) is 9.18 Å². The first kappa shape index (κ1) is 13.5. The van der Waals surface area contributed by atoms with Crippen molar-refractivity contribution >= 4 is 27.4 Å². The lowest BCUT2D eigenvalue weighted by Crippen LogP contribution is -2.47. The van der Waals surface area contributed by atoms with Gasteiger partial charge >= 0.3 is 5.97 Å². The summed E-state index contributed by atoms with van der Waals surface area (Å²) in [6, 6.07) is 4.77. The highest BCUT2D eigenvalue weighted by atomic mass is 32.1. The Kier molecular flexibility index (Phi) is 3.26. The molecule has 2 aromatic rings. The van der Waals surface area contributed by atoms with Gasteiger partial charge in [-0.15, -0.1) is 11.3 Å². The molecule has 3 nitrogen and oxygen atoms in total. The minimum Gasteiger partial charge on any atom is -0.477 e. The molecule has 0 atom stereocenters. The third-order valence-corrected chi connectivity index (χ3v) is 5.29. The van der Waals surface area contributed by atoms with Gasteiger partial charge in [-0.2, -0.15) is 0 Å². The molecule has 1 aliphatic carbocycles. The Morgan fingerprint density at radius 1 is 1.50 bits per heavy atom. The molecule has 1 saturated carbocycles. The monoisotopic (exact) mass is 293 g/mol. The molecule has 0 aliphatic heterocycles. The second-order valence-electron chi connectivity index (χ2n) is 5.60. The van der Waals surface area contributed by atoms with Crippen LogP contribution in [0.3, 0.4) is 0 Å². The third-order valence-electron chi connectivity index (χ3n) is 4.11. The summed E-state index contributed by atoms with van der Waals surface area (Å²) in [6.45, 7) is 2.53. The van der Waals surface area contributed by atoms with Crippen molar-refractivity contribution in [1.29, 1.82) is 0 Å². The van der Waals surface area contributed by atoms with Gasteiger partial charge in [0, 0.05) is 27.7 Å². The van der Waals surface area contributed by atoms with Crippen LogP contribution in [0.15, 0.2) is 18.2 Å². The largest absolute Gasteiger partial charge is 0.477 e. The number of rotatable bonds is 4. The van der Waals surface area contributed by atoms with Crippen molar-refractivity contribution in [3.05, 3.63) is 34.5 Å². The van der Waals surface area contributed by atoms with Crippen molar-refractivity contribution in [3.63, 3.8) is 0 Å². The highest BCUT2D eigenvalue weighted by Gasteiger charge is 2.32. The molecule has 0 radical (unpaired) electrons. The Morgan fingerprint density at radius 3 is 2.85 bits per heavy atom. The fraction of sp³-hybridized carbons (Fsp3) is 0.400. The number of thiophene rings is 1. The maximum atomic E-state index is 14.0. The molecule has 1 aromatic heterocycles. The summed E-state index contributed by atoms with van der Waals surface area (Å²) in [5.74, 6) is -1.33. The summed E-state index contributed by atoms with van der Waals surface area (Å²) < 4.78 is 14.7. The van der Waals surface area contributed by atoms with Gasteiger partial charge in [0.25, 0.3) is 0 Å². The van der Waals surface area contributed by atoms with E-state index >= 15 is 0 Å². The van der Waals surface area contributed by atoms with E-state index in [4.69, 9.17) is 0 Å². The first-order valence-electron chi connectivity index (χ1n) is 6.68. The number of benzene rings is 1. The number of carbonyl (C=O) groups is 1. The van der Waals surface area contributed by atoms with Crippen LogP contribution in [0.5, 0.6) is 0 Å². The fourth-order valence-electron chi connectivity index (χ4n) is 2.69. The van der Waals surface area contributed by atoms with Crippen LogP contribution in [0, 0.1) is 5.82 Å². The zero-order valence-electron chi connectivity index (χ0n) is 11.2. The van der Waals surface area contributed by atoms with Crippen molar-refractivity contribution in [3.8, 4) is 0 Å². The first-order valence-corrected chi connectivity index (χ1v) is 7.50. The molecule has 0 unspecified atom stereocenters. The van der Waals surface area contributed by atoms with E-state index in [9.17, 15) is 14.3 Å². The lowest BCUT2D eigenvalue weighted by molar-refractivity contribution is 0.0700. The van der Waals surface area contributed by atoms with E-state index in [0.29, 0.717) is 22.2 Å². The van der Waals surface area contributed by atoms with Crippen molar-refractivity contribution in [2.75, 3.05) is 0 Å². The van der Waals surface area contributed by atoms with Crippen LogP contribution in [0.1, 0.15) is 41.4 Å². The van der Waals surface area contributed by atoms with Gasteiger partial charge in [-0.05, 0) is 38.3 Å². The Balaban J connectivity index is 2.02. The predicted octanol–water partition coefficient (Wildman–Crippen LogP) is 3.77. The molecule has 2 N–H and O–H groups in total. The lowest BCUT2D eigenvalue weighted by atomic mass is 9.78. The summed E-state index contributed by atoms with van der Waals surface area (Å²) in [4.78, 5) is 11.6. The second-order valence-corrected chi connectivity index (χ2v) is 6.65. The standard InChI is InChI=1S/C15H16FNO2S/c1-15(6-3-7-15)17-8-9-12-10(16)4-2-5-11(12)20-13(9)14(18)19/h2,4-5,17H,3,6-8H2,1H3,(H,18,19). The Labute approximate surface area is 120 Å². The van der Waals surface area contributed by atoms with E-state index in [0.717, 1.165) is 24.2 Å². The summed E-state index contributed by atoms with van der Waals surface area (Å²) in [6.07, 6.45) is 3.36. The van der Waals surface area contributed by atoms with E-state index in [2.05, 4.69) is 12.2 Å². The molecule has 1 aliphatic rings. The van der Waals surface area contributed by atoms with Gasteiger partial charge in [0.2, 0.25) is 0 Å². The summed E-state index contributed by atoms with van der Waals surface area (Å²) in [7, 11) is 0. The van der Waals surface area contributed by atoms with Crippen molar-refractivity contribution < 1.29 is 14.3 Å². The molecule has 1 fully saturated rings. The van der Waals surface area contributed by atoms with Crippen LogP contribution in [-0.2, 0) is 6.54 Å². The van der Waals surface area contributed by atoms with Crippen LogP contribution in [0.25, 0.3) is 10.1 Å². The number of hydrogen-bond donors (Lipinski definition) is 2. The maximum absolute atomic E-state index is 14.0. The molecular formula is C15H16FNO2S. The minimum absolute atomic E-state index is 0.0648. The predicted molar refractivity (Wildman–Crippen MR) is 77.8 cm³/mol. The molecule has 20 heavy (non-hydrogen) atoms. The van der Waals surface area contributed by atoms with E-state index in [1.165, 1.54) is 12.5 Å². The second kappa shape index (κ2) is 4.82. The minimum atomic E-state index is -0.985. The van der Waals surface area contributed by atoms with E-state index in [-0.39, 0.29) is 16.2 Å². The molecule has 106 valence electrons. The normalized spacial score (nSPS) is 17.1. The number of carboxylic acids is 1. The number of nitrogens with one attached hydrogen (secondary N) is 1. The molecule has 0 amide bonds. The molecule has 1 heterocycles. The van der Waals surface area contributed by atoms with Crippen molar-refractivity contribution in [2.24, 2.45) is 0 Å². The third kappa shape index (κ3) is 2.21. The highest BCUT2D eigenvalue weighted by molar-refractivity contribution is 7.21. The molecular weight excluding hydrogens is 277 g/mol. The zero-order chi connectivity index (χ0) is 14.3. The summed E-state index contributed by atoms with van der Waals surface area (Å²) in [5, 5.41) is 13.2. The van der Waals surface area contributed by atoms with Crippen LogP contribution < -0.4 is 5.32 Å². The van der Waals surface area contributed by atoms with Gasteiger partial charge in [0.1, 0.15) is 10.7 Å². The SMILES string of the molecule is CC1(NCc2c(C(=O)O)sc3cccc(F)c23)CCC1. The van der Waals surface area contributed by atoms with Crippen LogP contribution in [-0.4, -0.2) is 16.6 Å². The summed E-state index contributed by atoms with van der Waals surface area (Å²) in [5.41, 5.74) is 0.638. The fourth-order valence-corrected chi connectivity index (χ4v) is 3.77. The van der Waals surface area contributed by atoms with Crippen molar-refractivity contribution in [2.45, 2.75) is 38.3 Å². The number of aromatic carboxylic acids is 1. The average Bonchev–Trinajstić information content (AvgIpc) is 2.74. The van der Waals surface area contributed by atoms with E-state index in [1.807, 2.05) is 0 Å². The first-order chi connectivity index (χ1) is 9.50. The number of fused-ring (bicyclic) bond motifs is 1. The van der Waals surface area contributed by atoms with Crippen LogP contribution in [0.4, 0.5) is 4.39 Å². The molecule has 5 heteroatoms. The smallest absolute Gasteiger partial charge is 0.346 e. The Hall–Kier alpha value is -1.46. The van der Waals surface area contributed by atoms with Crippen molar-refractivity contribution in [1.82, 2.24) is 5.32 Å². The lowest BCUT2D eigenvalue weighted by Gasteiger charge is -2.39. The van der Waals surface area contributed by atoms with E-state index < -0.39 is 5.97 Å².